The van der Waals surface area contributed by atoms with Gasteiger partial charge in [0.05, 0.1) is 11.9 Å². The largest absolute Gasteiger partial charge is 0.354 e. The van der Waals surface area contributed by atoms with Crippen molar-refractivity contribution in [3.63, 3.8) is 0 Å². The number of nitrogens with one attached hydrogen (secondary N) is 1. The fraction of sp³-hybridized carbons (Fsp3) is 0.381. The first kappa shape index (κ1) is 23.2. The second-order valence-corrected chi connectivity index (χ2v) is 9.23. The minimum absolute atomic E-state index is 0.287. The van der Waals surface area contributed by atoms with Gasteiger partial charge in [-0.3, -0.25) is 9.10 Å². The van der Waals surface area contributed by atoms with Crippen molar-refractivity contribution in [3.8, 4) is 0 Å². The summed E-state index contributed by atoms with van der Waals surface area (Å²) in [4.78, 5) is 12.8. The number of hydrogen-bond acceptors (Lipinski definition) is 3. The van der Waals surface area contributed by atoms with Gasteiger partial charge in [-0.15, -0.1) is 0 Å². The maximum absolute atomic E-state index is 13.0. The van der Waals surface area contributed by atoms with Crippen molar-refractivity contribution in [1.29, 1.82) is 0 Å². The summed E-state index contributed by atoms with van der Waals surface area (Å²) in [6.45, 7) is 3.93. The summed E-state index contributed by atoms with van der Waals surface area (Å²) in [6, 6.07) is 10.3. The number of sulfonamides is 1. The van der Waals surface area contributed by atoms with Crippen LogP contribution in [0.4, 0.5) is 10.1 Å². The number of hydrogen-bond donors (Lipinski definition) is 1. The first-order valence-electron chi connectivity index (χ1n) is 9.41. The fourth-order valence-corrected chi connectivity index (χ4v) is 4.56. The van der Waals surface area contributed by atoms with Crippen LogP contribution < -0.4 is 9.62 Å². The number of nitrogens with zero attached hydrogens (tertiary/aromatic N) is 1. The summed E-state index contributed by atoms with van der Waals surface area (Å²) in [5.41, 5.74) is 2.08. The molecule has 0 heterocycles. The Labute approximate surface area is 176 Å². The smallest absolute Gasteiger partial charge is 0.243 e. The highest BCUT2D eigenvalue weighted by atomic mass is 35.5. The van der Waals surface area contributed by atoms with Gasteiger partial charge in [0.1, 0.15) is 11.9 Å². The molecule has 0 fully saturated rings. The second kappa shape index (κ2) is 10.1. The highest BCUT2D eigenvalue weighted by Gasteiger charge is 2.32. The molecule has 2 rings (SSSR count). The summed E-state index contributed by atoms with van der Waals surface area (Å²) in [7, 11) is -3.71. The molecule has 0 spiro atoms. The third-order valence-corrected chi connectivity index (χ3v) is 5.99. The predicted molar refractivity (Wildman–Crippen MR) is 115 cm³/mol. The van der Waals surface area contributed by atoms with Gasteiger partial charge in [0.2, 0.25) is 15.9 Å². The van der Waals surface area contributed by atoms with Crippen LogP contribution >= 0.6 is 11.6 Å². The molecule has 0 unspecified atom stereocenters. The Hall–Kier alpha value is -2.12. The van der Waals surface area contributed by atoms with E-state index in [0.29, 0.717) is 42.1 Å². The Bertz CT molecular complexity index is 949. The van der Waals surface area contributed by atoms with Crippen LogP contribution in [0.3, 0.4) is 0 Å². The number of halogens is 2. The summed E-state index contributed by atoms with van der Waals surface area (Å²) < 4.78 is 39.1. The third-order valence-electron chi connectivity index (χ3n) is 4.59. The molecule has 0 aliphatic rings. The van der Waals surface area contributed by atoms with Crippen molar-refractivity contribution in [2.24, 2.45) is 0 Å². The number of anilines is 1. The quantitative estimate of drug-likeness (QED) is 0.597. The zero-order valence-corrected chi connectivity index (χ0v) is 18.4. The standard InChI is InChI=1S/C21H26ClFN2O3S/c1-4-19(21(26)24-13-5-6-16-8-11-18(23)12-9-16)25(29(3,27)28)20-14-17(22)10-7-15(20)2/h7-12,14,19H,4-6,13H2,1-3H3,(H,24,26)/t19-/m0/s1. The molecule has 0 aliphatic carbocycles. The monoisotopic (exact) mass is 440 g/mol. The van der Waals surface area contributed by atoms with E-state index in [0.717, 1.165) is 16.1 Å². The SMILES string of the molecule is CC[C@@H](C(=O)NCCCc1ccc(F)cc1)N(c1cc(Cl)ccc1C)S(C)(=O)=O. The average molecular weight is 441 g/mol. The van der Waals surface area contributed by atoms with Gasteiger partial charge in [0.15, 0.2) is 0 Å². The van der Waals surface area contributed by atoms with Gasteiger partial charge < -0.3 is 5.32 Å². The number of aryl methyl sites for hydroxylation is 2. The summed E-state index contributed by atoms with van der Waals surface area (Å²) >= 11 is 6.06. The molecule has 1 amide bonds. The molecule has 158 valence electrons. The number of benzene rings is 2. The normalized spacial score (nSPS) is 12.4. The van der Waals surface area contributed by atoms with Crippen LogP contribution in [0.2, 0.25) is 5.02 Å². The van der Waals surface area contributed by atoms with Crippen LogP contribution in [-0.2, 0) is 21.2 Å². The minimum Gasteiger partial charge on any atom is -0.354 e. The highest BCUT2D eigenvalue weighted by molar-refractivity contribution is 7.92. The fourth-order valence-electron chi connectivity index (χ4n) is 3.13. The highest BCUT2D eigenvalue weighted by Crippen LogP contribution is 2.29. The first-order valence-corrected chi connectivity index (χ1v) is 11.6. The van der Waals surface area contributed by atoms with E-state index < -0.39 is 16.1 Å². The van der Waals surface area contributed by atoms with Gasteiger partial charge in [-0.1, -0.05) is 36.7 Å². The van der Waals surface area contributed by atoms with Gasteiger partial charge in [-0.25, -0.2) is 12.8 Å². The van der Waals surface area contributed by atoms with E-state index >= 15 is 0 Å². The van der Waals surface area contributed by atoms with Gasteiger partial charge in [-0.2, -0.15) is 0 Å². The summed E-state index contributed by atoms with van der Waals surface area (Å²) in [5.74, 6) is -0.651. The molecular weight excluding hydrogens is 415 g/mol. The Morgan fingerprint density at radius 1 is 1.21 bits per heavy atom. The molecule has 5 nitrogen and oxygen atoms in total. The molecular formula is C21H26ClFN2O3S. The third kappa shape index (κ3) is 6.44. The van der Waals surface area contributed by atoms with E-state index in [1.807, 2.05) is 0 Å². The lowest BCUT2D eigenvalue weighted by Crippen LogP contribution is -2.49. The average Bonchev–Trinajstić information content (AvgIpc) is 2.65. The minimum atomic E-state index is -3.71. The maximum Gasteiger partial charge on any atom is 0.243 e. The topological polar surface area (TPSA) is 66.5 Å². The maximum atomic E-state index is 13.0. The Morgan fingerprint density at radius 3 is 2.45 bits per heavy atom. The Kier molecular flexibility index (Phi) is 8.05. The Balaban J connectivity index is 2.10. The van der Waals surface area contributed by atoms with E-state index in [-0.39, 0.29) is 11.7 Å². The van der Waals surface area contributed by atoms with Crippen LogP contribution in [0.15, 0.2) is 42.5 Å². The molecule has 2 aromatic carbocycles. The molecule has 0 aromatic heterocycles. The lowest BCUT2D eigenvalue weighted by atomic mass is 10.1. The molecule has 0 saturated heterocycles. The molecule has 0 saturated carbocycles. The zero-order valence-electron chi connectivity index (χ0n) is 16.8. The van der Waals surface area contributed by atoms with Crippen LogP contribution in [-0.4, -0.2) is 33.2 Å². The number of carbonyl (C=O) groups is 1. The van der Waals surface area contributed by atoms with E-state index in [2.05, 4.69) is 5.32 Å². The number of carbonyl (C=O) groups excluding carboxylic acids is 1. The van der Waals surface area contributed by atoms with Crippen molar-refractivity contribution in [3.05, 3.63) is 64.4 Å². The van der Waals surface area contributed by atoms with Crippen LogP contribution in [0, 0.1) is 12.7 Å². The van der Waals surface area contributed by atoms with E-state index in [1.54, 1.807) is 44.2 Å². The molecule has 2 aromatic rings. The first-order chi connectivity index (χ1) is 13.6. The van der Waals surface area contributed by atoms with Crippen LogP contribution in [0.25, 0.3) is 0 Å². The van der Waals surface area contributed by atoms with Gasteiger partial charge in [0, 0.05) is 11.6 Å². The molecule has 0 bridgehead atoms. The van der Waals surface area contributed by atoms with E-state index in [1.165, 1.54) is 12.1 Å². The zero-order chi connectivity index (χ0) is 21.6. The van der Waals surface area contributed by atoms with Crippen molar-refractivity contribution >= 4 is 33.2 Å². The van der Waals surface area contributed by atoms with Gasteiger partial charge in [0.25, 0.3) is 0 Å². The number of amides is 1. The summed E-state index contributed by atoms with van der Waals surface area (Å²) in [6.07, 6.45) is 2.73. The molecule has 29 heavy (non-hydrogen) atoms. The molecule has 0 radical (unpaired) electrons. The Morgan fingerprint density at radius 2 is 1.86 bits per heavy atom. The van der Waals surface area contributed by atoms with Crippen molar-refractivity contribution in [2.75, 3.05) is 17.1 Å². The molecule has 8 heteroatoms. The van der Waals surface area contributed by atoms with Gasteiger partial charge >= 0.3 is 0 Å². The lowest BCUT2D eigenvalue weighted by molar-refractivity contribution is -0.122. The van der Waals surface area contributed by atoms with Crippen molar-refractivity contribution < 1.29 is 17.6 Å². The van der Waals surface area contributed by atoms with Crippen LogP contribution in [0.1, 0.15) is 30.9 Å². The molecule has 0 aliphatic heterocycles. The van der Waals surface area contributed by atoms with Crippen LogP contribution in [0.5, 0.6) is 0 Å². The lowest BCUT2D eigenvalue weighted by Gasteiger charge is -2.31. The molecule has 1 atom stereocenters. The van der Waals surface area contributed by atoms with Crippen molar-refractivity contribution in [1.82, 2.24) is 5.32 Å². The van der Waals surface area contributed by atoms with Crippen molar-refractivity contribution in [2.45, 2.75) is 39.2 Å². The predicted octanol–water partition coefficient (Wildman–Crippen LogP) is 4.08. The van der Waals surface area contributed by atoms with E-state index in [9.17, 15) is 17.6 Å². The van der Waals surface area contributed by atoms with E-state index in [4.69, 9.17) is 11.6 Å². The van der Waals surface area contributed by atoms with Gasteiger partial charge in [-0.05, 0) is 61.6 Å². The summed E-state index contributed by atoms with van der Waals surface area (Å²) in [5, 5.41) is 3.22. The molecule has 1 N–H and O–H groups in total. The number of rotatable bonds is 9. The second-order valence-electron chi connectivity index (χ2n) is 6.93.